The van der Waals surface area contributed by atoms with Crippen molar-refractivity contribution in [3.63, 3.8) is 0 Å². The van der Waals surface area contributed by atoms with Gasteiger partial charge < -0.3 is 23.5 Å². The van der Waals surface area contributed by atoms with Gasteiger partial charge in [0.2, 0.25) is 0 Å². The second-order valence-corrected chi connectivity index (χ2v) is 7.26. The van der Waals surface area contributed by atoms with E-state index in [1.165, 1.54) is 0 Å². The molecule has 0 bridgehead atoms. The van der Waals surface area contributed by atoms with E-state index in [9.17, 15) is 4.79 Å². The number of rotatable bonds is 4. The molecular formula is C20H25NO5. The molecule has 2 saturated heterocycles. The maximum Gasteiger partial charge on any atom is 0.289 e. The van der Waals surface area contributed by atoms with Gasteiger partial charge in [0.1, 0.15) is 0 Å². The molecule has 1 aromatic heterocycles. The molecule has 0 aliphatic carbocycles. The van der Waals surface area contributed by atoms with E-state index in [2.05, 4.69) is 0 Å². The predicted molar refractivity (Wildman–Crippen MR) is 96.6 cm³/mol. The number of benzene rings is 1. The summed E-state index contributed by atoms with van der Waals surface area (Å²) in [6.07, 6.45) is 3.02. The summed E-state index contributed by atoms with van der Waals surface area (Å²) in [6.45, 7) is 2.71. The van der Waals surface area contributed by atoms with Gasteiger partial charge in [0.05, 0.1) is 19.8 Å². The van der Waals surface area contributed by atoms with Crippen molar-refractivity contribution in [2.45, 2.75) is 25.4 Å². The number of methoxy groups -OCH3 is 2. The Hall–Kier alpha value is -2.05. The van der Waals surface area contributed by atoms with Crippen molar-refractivity contribution in [2.75, 3.05) is 40.5 Å². The summed E-state index contributed by atoms with van der Waals surface area (Å²) >= 11 is 0. The Morgan fingerprint density at radius 1 is 1.38 bits per heavy atom. The molecule has 0 saturated carbocycles. The zero-order chi connectivity index (χ0) is 18.1. The third kappa shape index (κ3) is 2.87. The number of fused-ring (bicyclic) bond motifs is 2. The van der Waals surface area contributed by atoms with Crippen LogP contribution in [-0.4, -0.2) is 57.4 Å². The minimum atomic E-state index is -0.120. The summed E-state index contributed by atoms with van der Waals surface area (Å²) in [6, 6.07) is 7.44. The number of hydrogen-bond acceptors (Lipinski definition) is 5. The zero-order valence-corrected chi connectivity index (χ0v) is 15.3. The molecule has 4 rings (SSSR count). The molecule has 0 radical (unpaired) electrons. The Kier molecular flexibility index (Phi) is 4.63. The maximum absolute atomic E-state index is 13.1. The first kappa shape index (κ1) is 17.4. The minimum Gasteiger partial charge on any atom is -0.493 e. The van der Waals surface area contributed by atoms with Crippen LogP contribution in [-0.2, 0) is 9.47 Å². The van der Waals surface area contributed by atoms with Crippen molar-refractivity contribution in [3.8, 4) is 5.75 Å². The molecule has 0 N–H and O–H groups in total. The third-order valence-corrected chi connectivity index (χ3v) is 5.65. The van der Waals surface area contributed by atoms with Gasteiger partial charge in [-0.1, -0.05) is 12.1 Å². The number of ether oxygens (including phenoxy) is 3. The fraction of sp³-hybridized carbons (Fsp3) is 0.550. The van der Waals surface area contributed by atoms with E-state index in [4.69, 9.17) is 18.6 Å². The van der Waals surface area contributed by atoms with Crippen LogP contribution < -0.4 is 4.74 Å². The third-order valence-electron chi connectivity index (χ3n) is 5.65. The van der Waals surface area contributed by atoms with E-state index in [1.54, 1.807) is 20.3 Å². The molecule has 1 amide bonds. The molecule has 1 aromatic carbocycles. The quantitative estimate of drug-likeness (QED) is 0.839. The first-order valence-electron chi connectivity index (χ1n) is 9.13. The molecule has 2 aliphatic rings. The Labute approximate surface area is 153 Å². The van der Waals surface area contributed by atoms with Crippen molar-refractivity contribution >= 4 is 16.9 Å². The van der Waals surface area contributed by atoms with Crippen LogP contribution in [0.3, 0.4) is 0 Å². The lowest BCUT2D eigenvalue weighted by Crippen LogP contribution is -2.58. The standard InChI is InChI=1S/C20H25NO5/c1-23-13-20-8-4-10-25-17(20)7-9-21(12-20)19(22)16-11-14-5-3-6-15(24-2)18(14)26-16/h3,5-6,11,17H,4,7-10,12-13H2,1-2H3. The highest BCUT2D eigenvalue weighted by Gasteiger charge is 2.47. The predicted octanol–water partition coefficient (Wildman–Crippen LogP) is 3.10. The summed E-state index contributed by atoms with van der Waals surface area (Å²) in [4.78, 5) is 15.0. The maximum atomic E-state index is 13.1. The van der Waals surface area contributed by atoms with Gasteiger partial charge in [-0.25, -0.2) is 0 Å². The molecule has 6 heteroatoms. The largest absolute Gasteiger partial charge is 0.493 e. The summed E-state index contributed by atoms with van der Waals surface area (Å²) in [5.41, 5.74) is 0.491. The van der Waals surface area contributed by atoms with Crippen molar-refractivity contribution in [1.82, 2.24) is 4.90 Å². The van der Waals surface area contributed by atoms with Gasteiger partial charge in [-0.05, 0) is 31.4 Å². The minimum absolute atomic E-state index is 0.0808. The highest BCUT2D eigenvalue weighted by molar-refractivity contribution is 5.97. The normalized spacial score (nSPS) is 25.9. The lowest BCUT2D eigenvalue weighted by molar-refractivity contribution is -0.142. The Balaban J connectivity index is 1.60. The van der Waals surface area contributed by atoms with Gasteiger partial charge in [0.15, 0.2) is 17.1 Å². The highest BCUT2D eigenvalue weighted by Crippen LogP contribution is 2.41. The second kappa shape index (κ2) is 6.93. The monoisotopic (exact) mass is 359 g/mol. The van der Waals surface area contributed by atoms with Crippen LogP contribution in [0.4, 0.5) is 0 Å². The number of hydrogen-bond donors (Lipinski definition) is 0. The molecule has 2 atom stereocenters. The zero-order valence-electron chi connectivity index (χ0n) is 15.3. The summed E-state index contributed by atoms with van der Waals surface area (Å²) < 4.78 is 22.7. The number of furan rings is 1. The number of likely N-dealkylation sites (tertiary alicyclic amines) is 1. The number of para-hydroxylation sites is 1. The summed E-state index contributed by atoms with van der Waals surface area (Å²) in [5.74, 6) is 0.909. The van der Waals surface area contributed by atoms with Crippen molar-refractivity contribution in [1.29, 1.82) is 0 Å². The first-order valence-corrected chi connectivity index (χ1v) is 9.13. The van der Waals surface area contributed by atoms with Gasteiger partial charge in [-0.15, -0.1) is 0 Å². The number of carbonyl (C=O) groups is 1. The number of nitrogens with zero attached hydrogens (tertiary/aromatic N) is 1. The SMILES string of the molecule is COCC12CCCOC1CCN(C(=O)c1cc3cccc(OC)c3o1)C2. The molecule has 140 valence electrons. The molecule has 3 heterocycles. The van der Waals surface area contributed by atoms with E-state index >= 15 is 0 Å². The Morgan fingerprint density at radius 2 is 2.27 bits per heavy atom. The van der Waals surface area contributed by atoms with E-state index < -0.39 is 0 Å². The lowest BCUT2D eigenvalue weighted by Gasteiger charge is -2.50. The van der Waals surface area contributed by atoms with E-state index in [-0.39, 0.29) is 17.4 Å². The van der Waals surface area contributed by atoms with Crippen LogP contribution in [0.1, 0.15) is 29.8 Å². The first-order chi connectivity index (χ1) is 12.7. The number of piperidine rings is 1. The van der Waals surface area contributed by atoms with Crippen LogP contribution in [0.15, 0.2) is 28.7 Å². The van der Waals surface area contributed by atoms with Crippen LogP contribution in [0.2, 0.25) is 0 Å². The van der Waals surface area contributed by atoms with Gasteiger partial charge >= 0.3 is 0 Å². The van der Waals surface area contributed by atoms with Crippen molar-refractivity contribution in [3.05, 3.63) is 30.0 Å². The van der Waals surface area contributed by atoms with E-state index in [0.29, 0.717) is 36.8 Å². The van der Waals surface area contributed by atoms with Crippen LogP contribution in [0, 0.1) is 5.41 Å². The molecular weight excluding hydrogens is 334 g/mol. The van der Waals surface area contributed by atoms with Crippen LogP contribution in [0.25, 0.3) is 11.0 Å². The fourth-order valence-electron chi connectivity index (χ4n) is 4.42. The highest BCUT2D eigenvalue weighted by atomic mass is 16.5. The van der Waals surface area contributed by atoms with Crippen molar-refractivity contribution < 1.29 is 23.4 Å². The Morgan fingerprint density at radius 3 is 3.08 bits per heavy atom. The smallest absolute Gasteiger partial charge is 0.289 e. The molecule has 6 nitrogen and oxygen atoms in total. The summed E-state index contributed by atoms with van der Waals surface area (Å²) in [7, 11) is 3.31. The van der Waals surface area contributed by atoms with Gasteiger partial charge in [0, 0.05) is 37.6 Å². The van der Waals surface area contributed by atoms with Gasteiger partial charge in [0.25, 0.3) is 5.91 Å². The van der Waals surface area contributed by atoms with Gasteiger partial charge in [-0.2, -0.15) is 0 Å². The fourth-order valence-corrected chi connectivity index (χ4v) is 4.42. The van der Waals surface area contributed by atoms with Crippen LogP contribution in [0.5, 0.6) is 5.75 Å². The number of carbonyl (C=O) groups excluding carboxylic acids is 1. The summed E-state index contributed by atoms with van der Waals surface area (Å²) in [5, 5.41) is 0.871. The van der Waals surface area contributed by atoms with Crippen molar-refractivity contribution in [2.24, 2.45) is 5.41 Å². The molecule has 2 aliphatic heterocycles. The lowest BCUT2D eigenvalue weighted by atomic mass is 9.73. The van der Waals surface area contributed by atoms with E-state index in [0.717, 1.165) is 31.3 Å². The van der Waals surface area contributed by atoms with E-state index in [1.807, 2.05) is 23.1 Å². The molecule has 2 unspecified atom stereocenters. The topological polar surface area (TPSA) is 61.1 Å². The molecule has 2 fully saturated rings. The van der Waals surface area contributed by atoms with Gasteiger partial charge in [-0.3, -0.25) is 4.79 Å². The Bertz CT molecular complexity index is 797. The average molecular weight is 359 g/mol. The molecule has 0 spiro atoms. The number of amides is 1. The molecule has 2 aromatic rings. The average Bonchev–Trinajstić information content (AvgIpc) is 3.11. The van der Waals surface area contributed by atoms with Crippen LogP contribution >= 0.6 is 0 Å². The second-order valence-electron chi connectivity index (χ2n) is 7.26. The molecule has 26 heavy (non-hydrogen) atoms.